The molecule has 0 saturated carbocycles. The molecule has 38 heavy (non-hydrogen) atoms. The minimum absolute atomic E-state index is 0.0484. The van der Waals surface area contributed by atoms with Crippen LogP contribution < -0.4 is 9.62 Å². The molecule has 0 radical (unpaired) electrons. The van der Waals surface area contributed by atoms with Gasteiger partial charge in [-0.3, -0.25) is 13.9 Å². The predicted molar refractivity (Wildman–Crippen MR) is 160 cm³/mol. The van der Waals surface area contributed by atoms with E-state index in [-0.39, 0.29) is 17.3 Å². The van der Waals surface area contributed by atoms with E-state index in [1.54, 1.807) is 73.7 Å². The maximum Gasteiger partial charge on any atom is 0.264 e. The number of amides is 2. The van der Waals surface area contributed by atoms with Crippen LogP contribution in [0.3, 0.4) is 0 Å². The fraction of sp³-hybridized carbons (Fsp3) is 0.286. The SMILES string of the molecule is CCCCNC(=O)[C@@H](C)N(Cc1ccccc1Cl)C(=O)CN(c1ccc(I)cc1)S(=O)(=O)c1ccccc1. The van der Waals surface area contributed by atoms with Gasteiger partial charge in [0.25, 0.3) is 10.0 Å². The Labute approximate surface area is 243 Å². The second-order valence-corrected chi connectivity index (χ2v) is 12.2. The number of halogens is 2. The van der Waals surface area contributed by atoms with E-state index in [0.717, 1.165) is 20.7 Å². The molecular formula is C28H31ClIN3O4S. The highest BCUT2D eigenvalue weighted by Gasteiger charge is 2.32. The van der Waals surface area contributed by atoms with E-state index >= 15 is 0 Å². The van der Waals surface area contributed by atoms with E-state index in [1.807, 2.05) is 6.92 Å². The highest BCUT2D eigenvalue weighted by Crippen LogP contribution is 2.26. The normalized spacial score (nSPS) is 12.0. The summed E-state index contributed by atoms with van der Waals surface area (Å²) in [4.78, 5) is 28.3. The molecule has 10 heteroatoms. The molecule has 0 bridgehead atoms. The zero-order chi connectivity index (χ0) is 27.7. The number of anilines is 1. The molecule has 0 saturated heterocycles. The summed E-state index contributed by atoms with van der Waals surface area (Å²) < 4.78 is 29.4. The molecule has 0 aromatic heterocycles. The van der Waals surface area contributed by atoms with Crippen LogP contribution in [0.15, 0.2) is 83.8 Å². The van der Waals surface area contributed by atoms with E-state index in [1.165, 1.54) is 17.0 Å². The van der Waals surface area contributed by atoms with Crippen molar-refractivity contribution in [3.63, 3.8) is 0 Å². The van der Waals surface area contributed by atoms with Gasteiger partial charge in [0.1, 0.15) is 12.6 Å². The lowest BCUT2D eigenvalue weighted by Crippen LogP contribution is -2.51. The van der Waals surface area contributed by atoms with Gasteiger partial charge in [0, 0.05) is 21.7 Å². The Morgan fingerprint density at radius 1 is 0.974 bits per heavy atom. The van der Waals surface area contributed by atoms with Crippen molar-refractivity contribution in [1.82, 2.24) is 10.2 Å². The number of nitrogens with zero attached hydrogens (tertiary/aromatic N) is 2. The smallest absolute Gasteiger partial charge is 0.264 e. The highest BCUT2D eigenvalue weighted by atomic mass is 127. The number of sulfonamides is 1. The summed E-state index contributed by atoms with van der Waals surface area (Å²) in [5.74, 6) is -0.841. The van der Waals surface area contributed by atoms with Gasteiger partial charge in [0.2, 0.25) is 11.8 Å². The topological polar surface area (TPSA) is 86.8 Å². The summed E-state index contributed by atoms with van der Waals surface area (Å²) >= 11 is 8.52. The maximum absolute atomic E-state index is 13.9. The average Bonchev–Trinajstić information content (AvgIpc) is 2.92. The molecule has 0 unspecified atom stereocenters. The van der Waals surface area contributed by atoms with Crippen LogP contribution in [-0.4, -0.2) is 44.3 Å². The minimum Gasteiger partial charge on any atom is -0.354 e. The maximum atomic E-state index is 13.9. The lowest BCUT2D eigenvalue weighted by molar-refractivity contribution is -0.139. The minimum atomic E-state index is -4.08. The van der Waals surface area contributed by atoms with Crippen LogP contribution in [0, 0.1) is 3.57 Å². The fourth-order valence-electron chi connectivity index (χ4n) is 3.78. The van der Waals surface area contributed by atoms with E-state index < -0.39 is 28.5 Å². The van der Waals surface area contributed by atoms with Gasteiger partial charge in [-0.2, -0.15) is 0 Å². The summed E-state index contributed by atoms with van der Waals surface area (Å²) in [6.45, 7) is 3.71. The Hall–Kier alpha value is -2.63. The molecule has 2 amide bonds. The van der Waals surface area contributed by atoms with E-state index in [9.17, 15) is 18.0 Å². The summed E-state index contributed by atoms with van der Waals surface area (Å²) in [5.41, 5.74) is 1.00. The van der Waals surface area contributed by atoms with Crippen LogP contribution in [0.4, 0.5) is 5.69 Å². The van der Waals surface area contributed by atoms with Crippen molar-refractivity contribution in [2.75, 3.05) is 17.4 Å². The zero-order valence-corrected chi connectivity index (χ0v) is 25.0. The van der Waals surface area contributed by atoms with Gasteiger partial charge in [0.15, 0.2) is 0 Å². The van der Waals surface area contributed by atoms with E-state index in [0.29, 0.717) is 22.8 Å². The first-order chi connectivity index (χ1) is 18.1. The van der Waals surface area contributed by atoms with Gasteiger partial charge in [-0.1, -0.05) is 61.3 Å². The largest absolute Gasteiger partial charge is 0.354 e. The molecule has 1 atom stereocenters. The van der Waals surface area contributed by atoms with Crippen LogP contribution >= 0.6 is 34.2 Å². The number of rotatable bonds is 12. The first kappa shape index (κ1) is 29.9. The summed E-state index contributed by atoms with van der Waals surface area (Å²) in [6.07, 6.45) is 1.73. The Bertz CT molecular complexity index is 1340. The molecule has 0 spiro atoms. The third kappa shape index (κ3) is 7.70. The predicted octanol–water partition coefficient (Wildman–Crippen LogP) is 5.47. The molecule has 1 N–H and O–H groups in total. The van der Waals surface area contributed by atoms with E-state index in [4.69, 9.17) is 11.6 Å². The molecule has 3 aromatic carbocycles. The number of nitrogens with one attached hydrogen (secondary N) is 1. The van der Waals surface area contributed by atoms with Crippen molar-refractivity contribution < 1.29 is 18.0 Å². The van der Waals surface area contributed by atoms with Crippen molar-refractivity contribution >= 4 is 61.7 Å². The Morgan fingerprint density at radius 2 is 1.61 bits per heavy atom. The Morgan fingerprint density at radius 3 is 2.24 bits per heavy atom. The first-order valence-corrected chi connectivity index (χ1v) is 15.2. The van der Waals surface area contributed by atoms with Crippen LogP contribution in [-0.2, 0) is 26.2 Å². The van der Waals surface area contributed by atoms with Crippen LogP contribution in [0.1, 0.15) is 32.3 Å². The molecule has 0 aliphatic heterocycles. The second-order valence-electron chi connectivity index (χ2n) is 8.73. The van der Waals surface area contributed by atoms with Crippen molar-refractivity contribution in [2.24, 2.45) is 0 Å². The molecule has 0 fully saturated rings. The average molecular weight is 668 g/mol. The van der Waals surface area contributed by atoms with Crippen LogP contribution in [0.5, 0.6) is 0 Å². The van der Waals surface area contributed by atoms with Gasteiger partial charge >= 0.3 is 0 Å². The highest BCUT2D eigenvalue weighted by molar-refractivity contribution is 14.1. The van der Waals surface area contributed by atoms with Gasteiger partial charge in [-0.05, 0) is 84.0 Å². The second kappa shape index (κ2) is 14.0. The van der Waals surface area contributed by atoms with Gasteiger partial charge < -0.3 is 10.2 Å². The van der Waals surface area contributed by atoms with Crippen LogP contribution in [0.25, 0.3) is 0 Å². The lowest BCUT2D eigenvalue weighted by Gasteiger charge is -2.32. The molecule has 3 rings (SSSR count). The van der Waals surface area contributed by atoms with Crippen LogP contribution in [0.2, 0.25) is 5.02 Å². The molecule has 0 aliphatic carbocycles. The molecule has 0 heterocycles. The molecule has 0 aliphatic rings. The van der Waals surface area contributed by atoms with Crippen molar-refractivity contribution in [3.8, 4) is 0 Å². The fourth-order valence-corrected chi connectivity index (χ4v) is 5.77. The molecule has 7 nitrogen and oxygen atoms in total. The lowest BCUT2D eigenvalue weighted by atomic mass is 10.1. The Balaban J connectivity index is 1.99. The van der Waals surface area contributed by atoms with Crippen molar-refractivity contribution in [2.45, 2.75) is 44.2 Å². The van der Waals surface area contributed by atoms with Gasteiger partial charge in [-0.15, -0.1) is 0 Å². The molecule has 202 valence electrons. The number of unbranched alkanes of at least 4 members (excludes halogenated alkanes) is 1. The number of hydrogen-bond donors (Lipinski definition) is 1. The number of carbonyl (C=O) groups is 2. The van der Waals surface area contributed by atoms with Crippen molar-refractivity contribution in [1.29, 1.82) is 0 Å². The monoisotopic (exact) mass is 667 g/mol. The third-order valence-corrected chi connectivity index (χ3v) is 8.90. The quantitative estimate of drug-likeness (QED) is 0.205. The molecule has 3 aromatic rings. The summed E-state index contributed by atoms with van der Waals surface area (Å²) in [5, 5.41) is 3.32. The van der Waals surface area contributed by atoms with E-state index in [2.05, 4.69) is 27.9 Å². The van der Waals surface area contributed by atoms with Gasteiger partial charge in [-0.25, -0.2) is 8.42 Å². The Kier molecular flexibility index (Phi) is 11.0. The third-order valence-electron chi connectivity index (χ3n) is 6.02. The summed E-state index contributed by atoms with van der Waals surface area (Å²) in [6, 6.07) is 21.1. The number of benzene rings is 3. The zero-order valence-electron chi connectivity index (χ0n) is 21.3. The summed E-state index contributed by atoms with van der Waals surface area (Å²) in [7, 11) is -4.08. The van der Waals surface area contributed by atoms with Crippen molar-refractivity contribution in [3.05, 3.63) is 93.0 Å². The number of carbonyl (C=O) groups excluding carboxylic acids is 2. The standard InChI is InChI=1S/C28H31ClIN3O4S/c1-3-4-18-31-28(35)21(2)32(19-22-10-8-9-13-26(22)29)27(34)20-33(24-16-14-23(30)15-17-24)38(36,37)25-11-6-5-7-12-25/h5-17,21H,3-4,18-20H2,1-2H3,(H,31,35)/t21-/m1/s1. The first-order valence-electron chi connectivity index (χ1n) is 12.3. The molecular weight excluding hydrogens is 637 g/mol. The number of hydrogen-bond acceptors (Lipinski definition) is 4. The van der Waals surface area contributed by atoms with Gasteiger partial charge in [0.05, 0.1) is 10.6 Å².